The second kappa shape index (κ2) is 9.28. The fraction of sp³-hybridized carbons (Fsp3) is 0.929. The van der Waals surface area contributed by atoms with Gasteiger partial charge in [0.25, 0.3) is 0 Å². The van der Waals surface area contributed by atoms with Gasteiger partial charge in [-0.15, -0.1) is 0 Å². The van der Waals surface area contributed by atoms with Gasteiger partial charge >= 0.3 is 0 Å². The lowest BCUT2D eigenvalue weighted by molar-refractivity contribution is -0.126. The van der Waals surface area contributed by atoms with E-state index < -0.39 is 0 Å². The Balaban J connectivity index is 2.18. The highest BCUT2D eigenvalue weighted by atomic mass is 16.5. The molecule has 1 aliphatic heterocycles. The van der Waals surface area contributed by atoms with Crippen molar-refractivity contribution < 1.29 is 19.0 Å². The predicted molar refractivity (Wildman–Crippen MR) is 76.7 cm³/mol. The number of amides is 1. The molecular weight excluding hydrogens is 260 g/mol. The minimum absolute atomic E-state index is 0.0812. The van der Waals surface area contributed by atoms with E-state index in [2.05, 4.69) is 31.0 Å². The number of rotatable bonds is 8. The number of hydrogen-bond acceptors (Lipinski definition) is 5. The van der Waals surface area contributed by atoms with Crippen molar-refractivity contribution in [1.82, 2.24) is 10.2 Å². The third-order valence-electron chi connectivity index (χ3n) is 3.33. The number of hydrogen-bond donors (Lipinski definition) is 1. The summed E-state index contributed by atoms with van der Waals surface area (Å²) in [5, 5.41) is 2.90. The van der Waals surface area contributed by atoms with E-state index in [0.717, 1.165) is 13.1 Å². The molecule has 0 aromatic heterocycles. The van der Waals surface area contributed by atoms with Gasteiger partial charge in [0.05, 0.1) is 25.4 Å². The van der Waals surface area contributed by atoms with E-state index in [4.69, 9.17) is 14.2 Å². The van der Waals surface area contributed by atoms with Gasteiger partial charge in [-0.05, 0) is 20.8 Å². The monoisotopic (exact) mass is 288 g/mol. The summed E-state index contributed by atoms with van der Waals surface area (Å²) in [6, 6.07) is 0.298. The largest absolute Gasteiger partial charge is 0.382 e. The van der Waals surface area contributed by atoms with Crippen molar-refractivity contribution in [3.8, 4) is 0 Å². The molecule has 20 heavy (non-hydrogen) atoms. The van der Waals surface area contributed by atoms with Crippen LogP contribution in [0.15, 0.2) is 0 Å². The molecule has 1 rings (SSSR count). The maximum absolute atomic E-state index is 11.6. The molecule has 1 heterocycles. The van der Waals surface area contributed by atoms with Crippen molar-refractivity contribution in [2.75, 3.05) is 46.6 Å². The van der Waals surface area contributed by atoms with Crippen molar-refractivity contribution in [3.05, 3.63) is 0 Å². The van der Waals surface area contributed by atoms with Crippen LogP contribution in [0, 0.1) is 0 Å². The number of morpholine rings is 1. The first kappa shape index (κ1) is 17.4. The molecule has 0 spiro atoms. The van der Waals surface area contributed by atoms with Crippen molar-refractivity contribution in [3.63, 3.8) is 0 Å². The number of carbonyl (C=O) groups excluding carboxylic acids is 1. The van der Waals surface area contributed by atoms with E-state index in [-0.39, 0.29) is 24.7 Å². The summed E-state index contributed by atoms with van der Waals surface area (Å²) >= 11 is 0. The Morgan fingerprint density at radius 1 is 1.35 bits per heavy atom. The Hall–Kier alpha value is -0.690. The minimum Gasteiger partial charge on any atom is -0.382 e. The molecule has 6 heteroatoms. The Bertz CT molecular complexity index is 278. The van der Waals surface area contributed by atoms with Gasteiger partial charge in [-0.1, -0.05) is 0 Å². The van der Waals surface area contributed by atoms with Crippen LogP contribution < -0.4 is 5.32 Å². The maximum Gasteiger partial charge on any atom is 0.246 e. The Morgan fingerprint density at radius 3 is 2.60 bits per heavy atom. The molecule has 0 aliphatic carbocycles. The molecule has 0 saturated carbocycles. The quantitative estimate of drug-likeness (QED) is 0.649. The van der Waals surface area contributed by atoms with Crippen molar-refractivity contribution in [2.45, 2.75) is 39.0 Å². The smallest absolute Gasteiger partial charge is 0.246 e. The molecule has 0 aromatic rings. The minimum atomic E-state index is -0.0812. The third kappa shape index (κ3) is 6.65. The van der Waals surface area contributed by atoms with Gasteiger partial charge in [-0.25, -0.2) is 0 Å². The highest BCUT2D eigenvalue weighted by molar-refractivity contribution is 5.77. The van der Waals surface area contributed by atoms with E-state index in [1.54, 1.807) is 7.11 Å². The van der Waals surface area contributed by atoms with E-state index in [1.807, 2.05) is 0 Å². The van der Waals surface area contributed by atoms with Crippen LogP contribution in [0.4, 0.5) is 0 Å². The van der Waals surface area contributed by atoms with Crippen LogP contribution >= 0.6 is 0 Å². The van der Waals surface area contributed by atoms with Crippen LogP contribution in [-0.2, 0) is 19.0 Å². The van der Waals surface area contributed by atoms with Crippen molar-refractivity contribution >= 4 is 5.91 Å². The Kier molecular flexibility index (Phi) is 8.06. The standard InChI is InChI=1S/C14H28N2O4/c1-11(16-8-12(2)20-13(3)9-16)7-15-14(17)10-19-6-5-18-4/h11-13H,5-10H2,1-4H3,(H,15,17). The van der Waals surface area contributed by atoms with Gasteiger partial charge in [0, 0.05) is 32.8 Å². The summed E-state index contributed by atoms with van der Waals surface area (Å²) in [5.41, 5.74) is 0. The van der Waals surface area contributed by atoms with E-state index in [9.17, 15) is 4.79 Å². The fourth-order valence-electron chi connectivity index (χ4n) is 2.33. The number of ether oxygens (including phenoxy) is 3. The number of nitrogens with one attached hydrogen (secondary N) is 1. The molecule has 0 radical (unpaired) electrons. The SMILES string of the molecule is COCCOCC(=O)NCC(C)N1CC(C)OC(C)C1. The van der Waals surface area contributed by atoms with E-state index in [0.29, 0.717) is 25.8 Å². The van der Waals surface area contributed by atoms with Crippen molar-refractivity contribution in [2.24, 2.45) is 0 Å². The molecule has 1 amide bonds. The van der Waals surface area contributed by atoms with Gasteiger partial charge in [-0.3, -0.25) is 9.69 Å². The van der Waals surface area contributed by atoms with Crippen LogP contribution in [0.3, 0.4) is 0 Å². The Morgan fingerprint density at radius 2 is 2.00 bits per heavy atom. The molecule has 1 saturated heterocycles. The topological polar surface area (TPSA) is 60.0 Å². The lowest BCUT2D eigenvalue weighted by Gasteiger charge is -2.38. The zero-order valence-corrected chi connectivity index (χ0v) is 13.1. The molecule has 1 fully saturated rings. The first-order valence-corrected chi connectivity index (χ1v) is 7.25. The second-order valence-electron chi connectivity index (χ2n) is 5.41. The molecule has 1 N–H and O–H groups in total. The second-order valence-corrected chi connectivity index (χ2v) is 5.41. The maximum atomic E-state index is 11.6. The normalized spacial score (nSPS) is 25.4. The van der Waals surface area contributed by atoms with Crippen LogP contribution in [0.5, 0.6) is 0 Å². The third-order valence-corrected chi connectivity index (χ3v) is 3.33. The average Bonchev–Trinajstić information content (AvgIpc) is 2.40. The summed E-state index contributed by atoms with van der Waals surface area (Å²) in [7, 11) is 1.61. The molecule has 6 nitrogen and oxygen atoms in total. The fourth-order valence-corrected chi connectivity index (χ4v) is 2.33. The molecule has 3 atom stereocenters. The van der Waals surface area contributed by atoms with E-state index >= 15 is 0 Å². The van der Waals surface area contributed by atoms with Crippen LogP contribution in [0.25, 0.3) is 0 Å². The van der Waals surface area contributed by atoms with Crippen molar-refractivity contribution in [1.29, 1.82) is 0 Å². The summed E-state index contributed by atoms with van der Waals surface area (Å²) in [6.45, 7) is 9.77. The molecular formula is C14H28N2O4. The molecule has 0 bridgehead atoms. The summed E-state index contributed by atoms with van der Waals surface area (Å²) in [4.78, 5) is 14.0. The first-order valence-electron chi connectivity index (χ1n) is 7.25. The molecule has 0 aromatic carbocycles. The Labute approximate surface area is 121 Å². The zero-order valence-electron chi connectivity index (χ0n) is 13.1. The average molecular weight is 288 g/mol. The lowest BCUT2D eigenvalue weighted by Crippen LogP contribution is -2.52. The van der Waals surface area contributed by atoms with Crippen LogP contribution in [0.1, 0.15) is 20.8 Å². The predicted octanol–water partition coefficient (Wildman–Crippen LogP) is 0.263. The highest BCUT2D eigenvalue weighted by Crippen LogP contribution is 2.13. The zero-order chi connectivity index (χ0) is 15.0. The van der Waals surface area contributed by atoms with Gasteiger partial charge in [0.2, 0.25) is 5.91 Å². The molecule has 3 unspecified atom stereocenters. The lowest BCUT2D eigenvalue weighted by atomic mass is 10.2. The van der Waals surface area contributed by atoms with Gasteiger partial charge in [0.15, 0.2) is 0 Å². The van der Waals surface area contributed by atoms with Gasteiger partial charge in [0.1, 0.15) is 6.61 Å². The molecule has 1 aliphatic rings. The van der Waals surface area contributed by atoms with Gasteiger partial charge < -0.3 is 19.5 Å². The van der Waals surface area contributed by atoms with Crippen LogP contribution in [-0.4, -0.2) is 75.6 Å². The number of nitrogens with zero attached hydrogens (tertiary/aromatic N) is 1. The summed E-state index contributed by atoms with van der Waals surface area (Å²) in [5.74, 6) is -0.0812. The number of carbonyl (C=O) groups is 1. The molecule has 118 valence electrons. The summed E-state index contributed by atoms with van der Waals surface area (Å²) in [6.07, 6.45) is 0.489. The summed E-state index contributed by atoms with van der Waals surface area (Å²) < 4.78 is 15.7. The number of methoxy groups -OCH3 is 1. The highest BCUT2D eigenvalue weighted by Gasteiger charge is 2.25. The van der Waals surface area contributed by atoms with Gasteiger partial charge in [-0.2, -0.15) is 0 Å². The first-order chi connectivity index (χ1) is 9.52. The van der Waals surface area contributed by atoms with E-state index in [1.165, 1.54) is 0 Å². The van der Waals surface area contributed by atoms with Crippen LogP contribution in [0.2, 0.25) is 0 Å².